The van der Waals surface area contributed by atoms with Gasteiger partial charge in [0.1, 0.15) is 5.75 Å². The number of benzene rings is 2. The first-order valence-corrected chi connectivity index (χ1v) is 16.7. The summed E-state index contributed by atoms with van der Waals surface area (Å²) in [5.74, 6) is -1.38. The molecule has 1 saturated heterocycles. The highest BCUT2D eigenvalue weighted by Crippen LogP contribution is 2.44. The Morgan fingerprint density at radius 2 is 1.98 bits per heavy atom. The molecule has 2 aromatic carbocycles. The predicted molar refractivity (Wildman–Crippen MR) is 173 cm³/mol. The number of ether oxygens (including phenoxy) is 1. The number of nitrogens with one attached hydrogen (secondary N) is 1. The number of primary amides is 1. The van der Waals surface area contributed by atoms with E-state index in [1.807, 2.05) is 18.2 Å². The first kappa shape index (κ1) is 32.4. The van der Waals surface area contributed by atoms with Gasteiger partial charge in [-0.3, -0.25) is 9.52 Å². The molecule has 1 spiro atoms. The molecule has 3 N–H and O–H groups in total. The lowest BCUT2D eigenvalue weighted by Gasteiger charge is -2.41. The Hall–Kier alpha value is -2.98. The van der Waals surface area contributed by atoms with Crippen LogP contribution in [0.1, 0.15) is 66.9 Å². The normalized spacial score (nSPS) is 21.2. The van der Waals surface area contributed by atoms with Crippen LogP contribution < -0.4 is 20.1 Å². The number of rotatable bonds is 11. The van der Waals surface area contributed by atoms with Gasteiger partial charge < -0.3 is 20.3 Å². The number of carbonyl (C=O) groups is 2. The van der Waals surface area contributed by atoms with E-state index < -0.39 is 31.0 Å². The van der Waals surface area contributed by atoms with E-state index in [1.165, 1.54) is 23.1 Å². The summed E-state index contributed by atoms with van der Waals surface area (Å²) in [6, 6.07) is 11.2. The fraction of sp³-hybridized carbons (Fsp3) is 0.515. The maximum Gasteiger partial charge on any atom is 0.327 e. The number of halogens is 3. The number of fused-ring (bicyclic) bond motifs is 3. The van der Waals surface area contributed by atoms with Crippen LogP contribution in [0.5, 0.6) is 5.75 Å². The van der Waals surface area contributed by atoms with Crippen molar-refractivity contribution in [1.82, 2.24) is 9.62 Å². The molecule has 3 aliphatic rings. The summed E-state index contributed by atoms with van der Waals surface area (Å²) < 4.78 is 35.0. The number of carbonyl (C=O) groups excluding carboxylic acids is 2. The van der Waals surface area contributed by atoms with Gasteiger partial charge in [0, 0.05) is 34.8 Å². The number of alkyl halides is 2. The SMILES string of the molecule is C[C@@H](C/C=C/CCCCN1C[C@@]2(CCCc3cc(Cl)ccc32)COc2ccc(C(N)=O)cc21)CSNC(=O)N1CC(F)(F)C1. The number of hydrogen-bond donors (Lipinski definition) is 2. The van der Waals surface area contributed by atoms with Crippen LogP contribution in [0.3, 0.4) is 0 Å². The van der Waals surface area contributed by atoms with Crippen molar-refractivity contribution in [2.24, 2.45) is 11.7 Å². The average Bonchev–Trinajstić information content (AvgIpc) is 3.12. The Kier molecular flexibility index (Phi) is 10.3. The van der Waals surface area contributed by atoms with Crippen LogP contribution in [0.2, 0.25) is 5.02 Å². The smallest absolute Gasteiger partial charge is 0.327 e. The van der Waals surface area contributed by atoms with Crippen LogP contribution in [0, 0.1) is 5.92 Å². The summed E-state index contributed by atoms with van der Waals surface area (Å²) in [5, 5.41) is 0.756. The molecule has 2 heterocycles. The van der Waals surface area contributed by atoms with Gasteiger partial charge in [-0.25, -0.2) is 13.6 Å². The van der Waals surface area contributed by atoms with Gasteiger partial charge >= 0.3 is 6.03 Å². The van der Waals surface area contributed by atoms with Crippen LogP contribution in [0.25, 0.3) is 0 Å². The van der Waals surface area contributed by atoms with Gasteiger partial charge in [0.25, 0.3) is 5.92 Å². The fourth-order valence-electron chi connectivity index (χ4n) is 6.35. The van der Waals surface area contributed by atoms with Gasteiger partial charge in [-0.2, -0.15) is 0 Å². The van der Waals surface area contributed by atoms with Gasteiger partial charge in [0.15, 0.2) is 0 Å². The molecule has 0 unspecified atom stereocenters. The molecule has 44 heavy (non-hydrogen) atoms. The zero-order valence-electron chi connectivity index (χ0n) is 25.1. The number of unbranched alkanes of at least 4 members (excludes halogenated alkanes) is 2. The van der Waals surface area contributed by atoms with E-state index in [-0.39, 0.29) is 5.41 Å². The summed E-state index contributed by atoms with van der Waals surface area (Å²) in [4.78, 5) is 27.4. The number of nitrogens with two attached hydrogens (primary N) is 1. The van der Waals surface area contributed by atoms with Crippen molar-refractivity contribution in [3.05, 3.63) is 70.3 Å². The topological polar surface area (TPSA) is 87.9 Å². The van der Waals surface area contributed by atoms with Crippen LogP contribution in [-0.2, 0) is 11.8 Å². The van der Waals surface area contributed by atoms with Gasteiger partial charge in [0.2, 0.25) is 5.91 Å². The number of amides is 3. The van der Waals surface area contributed by atoms with Crippen LogP contribution in [0.4, 0.5) is 19.3 Å². The molecule has 11 heteroatoms. The molecule has 0 saturated carbocycles. The Morgan fingerprint density at radius 3 is 2.75 bits per heavy atom. The van der Waals surface area contributed by atoms with E-state index in [1.54, 1.807) is 6.07 Å². The highest BCUT2D eigenvalue weighted by Gasteiger charge is 2.46. The second kappa shape index (κ2) is 14.0. The molecular weight excluding hydrogens is 606 g/mol. The summed E-state index contributed by atoms with van der Waals surface area (Å²) >= 11 is 7.62. The number of aryl methyl sites for hydroxylation is 1. The maximum absolute atomic E-state index is 12.9. The number of urea groups is 1. The lowest BCUT2D eigenvalue weighted by molar-refractivity contribution is -0.108. The Balaban J connectivity index is 1.13. The Labute approximate surface area is 267 Å². The third-order valence-corrected chi connectivity index (χ3v) is 10.0. The molecule has 3 amide bonds. The number of likely N-dealkylation sites (tertiary alicyclic amines) is 1. The first-order chi connectivity index (χ1) is 21.1. The zero-order valence-corrected chi connectivity index (χ0v) is 26.7. The monoisotopic (exact) mass is 646 g/mol. The molecule has 2 aliphatic heterocycles. The van der Waals surface area contributed by atoms with Crippen molar-refractivity contribution < 1.29 is 23.1 Å². The number of nitrogens with zero attached hydrogens (tertiary/aromatic N) is 2. The minimum atomic E-state index is -2.75. The molecule has 0 bridgehead atoms. The highest BCUT2D eigenvalue weighted by atomic mass is 35.5. The maximum atomic E-state index is 12.9. The quantitative estimate of drug-likeness (QED) is 0.156. The van der Waals surface area contributed by atoms with E-state index in [2.05, 4.69) is 40.8 Å². The molecule has 1 fully saturated rings. The summed E-state index contributed by atoms with van der Waals surface area (Å²) in [5.41, 5.74) is 9.45. The van der Waals surface area contributed by atoms with Crippen molar-refractivity contribution >= 4 is 41.2 Å². The third kappa shape index (κ3) is 7.80. The van der Waals surface area contributed by atoms with Crippen molar-refractivity contribution in [2.45, 2.75) is 63.2 Å². The van der Waals surface area contributed by atoms with E-state index in [0.29, 0.717) is 23.8 Å². The Morgan fingerprint density at radius 1 is 1.16 bits per heavy atom. The lowest BCUT2D eigenvalue weighted by Crippen LogP contribution is -2.60. The largest absolute Gasteiger partial charge is 0.490 e. The second-order valence-electron chi connectivity index (χ2n) is 12.4. The zero-order chi connectivity index (χ0) is 31.3. The summed E-state index contributed by atoms with van der Waals surface area (Å²) in [6.45, 7) is 3.28. The fourth-order valence-corrected chi connectivity index (χ4v) is 7.30. The predicted octanol–water partition coefficient (Wildman–Crippen LogP) is 6.97. The van der Waals surface area contributed by atoms with E-state index in [4.69, 9.17) is 22.1 Å². The van der Waals surface area contributed by atoms with Crippen molar-refractivity contribution in [1.29, 1.82) is 0 Å². The molecule has 238 valence electrons. The van der Waals surface area contributed by atoms with Gasteiger partial charge in [-0.1, -0.05) is 36.7 Å². The van der Waals surface area contributed by atoms with Crippen LogP contribution in [-0.4, -0.2) is 61.3 Å². The van der Waals surface area contributed by atoms with E-state index in [9.17, 15) is 18.4 Å². The molecule has 1 aliphatic carbocycles. The standard InChI is InChI=1S/C33H41ClF2N4O3S/c1-23(18-44-38-31(42)40-20-33(35,36)21-40)8-5-3-2-4-6-15-39-19-32(14-7-9-24-16-26(34)11-12-27(24)32)22-43-29-13-10-25(30(37)41)17-28(29)39/h3,5,10-13,16-17,23H,2,4,6-9,14-15,18-22H2,1H3,(H2,37,41)(H,38,42)/b5-3+/t23-,32-/m0/s1. The van der Waals surface area contributed by atoms with Gasteiger partial charge in [-0.15, -0.1) is 0 Å². The number of anilines is 1. The van der Waals surface area contributed by atoms with E-state index >= 15 is 0 Å². The molecule has 7 nitrogen and oxygen atoms in total. The summed E-state index contributed by atoms with van der Waals surface area (Å²) in [7, 11) is 0. The van der Waals surface area contributed by atoms with Crippen LogP contribution in [0.15, 0.2) is 48.6 Å². The van der Waals surface area contributed by atoms with E-state index in [0.717, 1.165) is 79.4 Å². The molecule has 5 rings (SSSR count). The molecule has 2 atom stereocenters. The minimum absolute atomic E-state index is 0.169. The van der Waals surface area contributed by atoms with Crippen molar-refractivity contribution in [2.75, 3.05) is 43.4 Å². The van der Waals surface area contributed by atoms with Crippen LogP contribution >= 0.6 is 23.5 Å². The molecular formula is C33H41ClF2N4O3S. The number of allylic oxidation sites excluding steroid dienone is 2. The molecule has 2 aromatic rings. The second-order valence-corrected chi connectivity index (χ2v) is 13.7. The van der Waals surface area contributed by atoms with Crippen molar-refractivity contribution in [3.63, 3.8) is 0 Å². The summed E-state index contributed by atoms with van der Waals surface area (Å²) in [6.07, 6.45) is 11.3. The molecule has 0 radical (unpaired) electrons. The van der Waals surface area contributed by atoms with Gasteiger partial charge in [-0.05, 0) is 104 Å². The van der Waals surface area contributed by atoms with Gasteiger partial charge in [0.05, 0.1) is 25.4 Å². The number of hydrogen-bond acceptors (Lipinski definition) is 5. The minimum Gasteiger partial charge on any atom is -0.490 e. The average molecular weight is 647 g/mol. The third-order valence-electron chi connectivity index (χ3n) is 8.73. The van der Waals surface area contributed by atoms with Crippen molar-refractivity contribution in [3.8, 4) is 5.75 Å². The first-order valence-electron chi connectivity index (χ1n) is 15.4. The highest BCUT2D eigenvalue weighted by molar-refractivity contribution is 7.97. The molecule has 0 aromatic heterocycles. The lowest BCUT2D eigenvalue weighted by atomic mass is 9.70. The Bertz CT molecular complexity index is 1380.